The van der Waals surface area contributed by atoms with Gasteiger partial charge in [-0.05, 0) is 19.3 Å². The first-order valence-electron chi connectivity index (χ1n) is 4.53. The van der Waals surface area contributed by atoms with Gasteiger partial charge in [-0.3, -0.25) is 0 Å². The number of nitrogens with one attached hydrogen (secondary N) is 1. The van der Waals surface area contributed by atoms with Gasteiger partial charge in [0.05, 0.1) is 6.61 Å². The molecule has 3 atom stereocenters. The molecular formula is C9H19NO. The van der Waals surface area contributed by atoms with Crippen molar-refractivity contribution in [2.75, 3.05) is 13.7 Å². The normalized spacial score (nSPS) is 31.9. The highest BCUT2D eigenvalue weighted by Crippen LogP contribution is 2.33. The zero-order valence-electron chi connectivity index (χ0n) is 7.76. The lowest BCUT2D eigenvalue weighted by atomic mass is 10.3. The van der Waals surface area contributed by atoms with Gasteiger partial charge < -0.3 is 10.1 Å². The van der Waals surface area contributed by atoms with Crippen LogP contribution < -0.4 is 5.32 Å². The standard InChI is InChI=1S/C9H19NO/c1-4-8-5-9(8)10-7(2)6-11-3/h7-10H,4-6H2,1-3H3. The highest BCUT2D eigenvalue weighted by atomic mass is 16.5. The van der Waals surface area contributed by atoms with Crippen molar-refractivity contribution in [3.63, 3.8) is 0 Å². The van der Waals surface area contributed by atoms with Crippen LogP contribution in [-0.4, -0.2) is 25.8 Å². The zero-order valence-corrected chi connectivity index (χ0v) is 7.76. The molecule has 0 heterocycles. The molecule has 11 heavy (non-hydrogen) atoms. The largest absolute Gasteiger partial charge is 0.383 e. The lowest BCUT2D eigenvalue weighted by molar-refractivity contribution is 0.171. The molecule has 0 aliphatic heterocycles. The van der Waals surface area contributed by atoms with E-state index in [1.165, 1.54) is 12.8 Å². The van der Waals surface area contributed by atoms with E-state index >= 15 is 0 Å². The second-order valence-electron chi connectivity index (χ2n) is 3.53. The Balaban J connectivity index is 2.03. The predicted octanol–water partition coefficient (Wildman–Crippen LogP) is 1.41. The van der Waals surface area contributed by atoms with Crippen molar-refractivity contribution in [2.45, 2.75) is 38.8 Å². The summed E-state index contributed by atoms with van der Waals surface area (Å²) < 4.78 is 5.04. The van der Waals surface area contributed by atoms with Crippen molar-refractivity contribution in [3.8, 4) is 0 Å². The van der Waals surface area contributed by atoms with Gasteiger partial charge >= 0.3 is 0 Å². The Labute approximate surface area is 69.3 Å². The van der Waals surface area contributed by atoms with Crippen molar-refractivity contribution in [1.82, 2.24) is 5.32 Å². The van der Waals surface area contributed by atoms with Crippen molar-refractivity contribution in [2.24, 2.45) is 5.92 Å². The third-order valence-electron chi connectivity index (χ3n) is 2.36. The van der Waals surface area contributed by atoms with Crippen LogP contribution in [0.3, 0.4) is 0 Å². The van der Waals surface area contributed by atoms with Crippen LogP contribution in [0.15, 0.2) is 0 Å². The molecule has 3 unspecified atom stereocenters. The number of hydrogen-bond acceptors (Lipinski definition) is 2. The van der Waals surface area contributed by atoms with Gasteiger partial charge in [0.15, 0.2) is 0 Å². The molecule has 2 nitrogen and oxygen atoms in total. The third-order valence-corrected chi connectivity index (χ3v) is 2.36. The second-order valence-corrected chi connectivity index (χ2v) is 3.53. The Morgan fingerprint density at radius 2 is 2.36 bits per heavy atom. The summed E-state index contributed by atoms with van der Waals surface area (Å²) in [5.74, 6) is 0.939. The van der Waals surface area contributed by atoms with Gasteiger partial charge in [-0.2, -0.15) is 0 Å². The van der Waals surface area contributed by atoms with Crippen LogP contribution in [0.1, 0.15) is 26.7 Å². The van der Waals surface area contributed by atoms with Gasteiger partial charge in [0.1, 0.15) is 0 Å². The topological polar surface area (TPSA) is 21.3 Å². The highest BCUT2D eigenvalue weighted by Gasteiger charge is 2.35. The van der Waals surface area contributed by atoms with Crippen molar-refractivity contribution >= 4 is 0 Å². The Morgan fingerprint density at radius 3 is 2.82 bits per heavy atom. The van der Waals surface area contributed by atoms with Crippen LogP contribution >= 0.6 is 0 Å². The maximum atomic E-state index is 5.04. The number of hydrogen-bond donors (Lipinski definition) is 1. The quantitative estimate of drug-likeness (QED) is 0.651. The Kier molecular flexibility index (Phi) is 3.34. The maximum Gasteiger partial charge on any atom is 0.0613 e. The van der Waals surface area contributed by atoms with E-state index in [-0.39, 0.29) is 0 Å². The summed E-state index contributed by atoms with van der Waals surface area (Å²) >= 11 is 0. The van der Waals surface area contributed by atoms with Crippen LogP contribution in [-0.2, 0) is 4.74 Å². The summed E-state index contributed by atoms with van der Waals surface area (Å²) in [6.07, 6.45) is 2.68. The van der Waals surface area contributed by atoms with E-state index in [0.717, 1.165) is 18.6 Å². The lowest BCUT2D eigenvalue weighted by Crippen LogP contribution is -2.32. The van der Waals surface area contributed by atoms with E-state index in [2.05, 4.69) is 19.2 Å². The number of methoxy groups -OCH3 is 1. The molecule has 2 heteroatoms. The van der Waals surface area contributed by atoms with Crippen molar-refractivity contribution in [3.05, 3.63) is 0 Å². The summed E-state index contributed by atoms with van der Waals surface area (Å²) in [5, 5.41) is 3.53. The van der Waals surface area contributed by atoms with Crippen LogP contribution in [0.4, 0.5) is 0 Å². The average molecular weight is 157 g/mol. The summed E-state index contributed by atoms with van der Waals surface area (Å²) in [6, 6.07) is 1.30. The summed E-state index contributed by atoms with van der Waals surface area (Å²) in [7, 11) is 1.75. The summed E-state index contributed by atoms with van der Waals surface area (Å²) in [4.78, 5) is 0. The molecule has 1 aliphatic rings. The molecule has 1 N–H and O–H groups in total. The molecule has 0 aromatic carbocycles. The van der Waals surface area contributed by atoms with Gasteiger partial charge in [-0.15, -0.1) is 0 Å². The zero-order chi connectivity index (χ0) is 8.27. The van der Waals surface area contributed by atoms with E-state index in [0.29, 0.717) is 6.04 Å². The predicted molar refractivity (Wildman–Crippen MR) is 46.7 cm³/mol. The molecule has 0 aromatic heterocycles. The van der Waals surface area contributed by atoms with Crippen LogP contribution in [0.2, 0.25) is 0 Å². The monoisotopic (exact) mass is 157 g/mol. The highest BCUT2D eigenvalue weighted by molar-refractivity contribution is 4.93. The Hall–Kier alpha value is -0.0800. The minimum atomic E-state index is 0.515. The molecule has 1 aliphatic carbocycles. The molecular weight excluding hydrogens is 138 g/mol. The molecule has 0 aromatic rings. The summed E-state index contributed by atoms with van der Waals surface area (Å²) in [6.45, 7) is 5.26. The fraction of sp³-hybridized carbons (Fsp3) is 1.00. The first-order chi connectivity index (χ1) is 5.27. The summed E-state index contributed by atoms with van der Waals surface area (Å²) in [5.41, 5.74) is 0. The first kappa shape index (κ1) is 9.01. The molecule has 66 valence electrons. The van der Waals surface area contributed by atoms with Crippen molar-refractivity contribution < 1.29 is 4.74 Å². The molecule has 1 fully saturated rings. The first-order valence-corrected chi connectivity index (χ1v) is 4.53. The second kappa shape index (κ2) is 4.07. The minimum absolute atomic E-state index is 0.515. The Bertz CT molecular complexity index is 116. The molecule has 1 saturated carbocycles. The maximum absolute atomic E-state index is 5.04. The lowest BCUT2D eigenvalue weighted by Gasteiger charge is -2.11. The van der Waals surface area contributed by atoms with E-state index in [1.54, 1.807) is 7.11 Å². The smallest absolute Gasteiger partial charge is 0.0613 e. The fourth-order valence-corrected chi connectivity index (χ4v) is 1.57. The third kappa shape index (κ3) is 2.80. The van der Waals surface area contributed by atoms with Crippen LogP contribution in [0, 0.1) is 5.92 Å². The van der Waals surface area contributed by atoms with Gasteiger partial charge in [0, 0.05) is 19.2 Å². The average Bonchev–Trinajstić information content (AvgIpc) is 2.68. The minimum Gasteiger partial charge on any atom is -0.383 e. The number of ether oxygens (including phenoxy) is 1. The van der Waals surface area contributed by atoms with Crippen LogP contribution in [0.25, 0.3) is 0 Å². The molecule has 0 saturated heterocycles. The van der Waals surface area contributed by atoms with E-state index in [4.69, 9.17) is 4.74 Å². The van der Waals surface area contributed by atoms with E-state index in [9.17, 15) is 0 Å². The van der Waals surface area contributed by atoms with Gasteiger partial charge in [-0.25, -0.2) is 0 Å². The Morgan fingerprint density at radius 1 is 1.64 bits per heavy atom. The van der Waals surface area contributed by atoms with Crippen LogP contribution in [0.5, 0.6) is 0 Å². The molecule has 0 bridgehead atoms. The molecule has 0 amide bonds. The molecule has 0 spiro atoms. The van der Waals surface area contributed by atoms with E-state index < -0.39 is 0 Å². The van der Waals surface area contributed by atoms with E-state index in [1.807, 2.05) is 0 Å². The van der Waals surface area contributed by atoms with Crippen molar-refractivity contribution in [1.29, 1.82) is 0 Å². The molecule has 0 radical (unpaired) electrons. The fourth-order valence-electron chi connectivity index (χ4n) is 1.57. The van der Waals surface area contributed by atoms with Gasteiger partial charge in [0.25, 0.3) is 0 Å². The molecule has 1 rings (SSSR count). The number of rotatable bonds is 5. The van der Waals surface area contributed by atoms with Gasteiger partial charge in [-0.1, -0.05) is 13.3 Å². The van der Waals surface area contributed by atoms with Gasteiger partial charge in [0.2, 0.25) is 0 Å². The SMILES string of the molecule is CCC1CC1NC(C)COC.